The van der Waals surface area contributed by atoms with Crippen molar-refractivity contribution < 1.29 is 19.5 Å². The lowest BCUT2D eigenvalue weighted by Gasteiger charge is -2.08. The molecule has 0 saturated heterocycles. The summed E-state index contributed by atoms with van der Waals surface area (Å²) in [5.74, 6) is -1.76. The monoisotopic (exact) mass is 389 g/mol. The van der Waals surface area contributed by atoms with Gasteiger partial charge in [0.25, 0.3) is 0 Å². The van der Waals surface area contributed by atoms with Gasteiger partial charge in [0.2, 0.25) is 11.8 Å². The zero-order valence-electron chi connectivity index (χ0n) is 15.5. The summed E-state index contributed by atoms with van der Waals surface area (Å²) in [5, 5.41) is 16.7. The van der Waals surface area contributed by atoms with E-state index < -0.39 is 11.9 Å². The molecule has 1 heterocycles. The fourth-order valence-electron chi connectivity index (χ4n) is 2.23. The number of nitrogens with one attached hydrogen (secondary N) is 2. The number of benzene rings is 1. The fraction of sp³-hybridized carbons (Fsp3) is 0.368. The van der Waals surface area contributed by atoms with E-state index in [9.17, 15) is 14.4 Å². The average molecular weight is 389 g/mol. The lowest BCUT2D eigenvalue weighted by atomic mass is 10.0. The number of aliphatic carboxylic acids is 1. The summed E-state index contributed by atoms with van der Waals surface area (Å²) in [6, 6.07) is 7.10. The predicted molar refractivity (Wildman–Crippen MR) is 105 cm³/mol. The zero-order valence-corrected chi connectivity index (χ0v) is 16.3. The number of nitrogens with zero attached hydrogens (tertiary/aromatic N) is 1. The van der Waals surface area contributed by atoms with Crippen molar-refractivity contribution in [3.8, 4) is 0 Å². The molecule has 0 radical (unpaired) electrons. The van der Waals surface area contributed by atoms with Crippen molar-refractivity contribution in [1.29, 1.82) is 0 Å². The van der Waals surface area contributed by atoms with Crippen LogP contribution < -0.4 is 10.6 Å². The van der Waals surface area contributed by atoms with Crippen LogP contribution in [0.15, 0.2) is 29.6 Å². The van der Waals surface area contributed by atoms with Gasteiger partial charge in [0.05, 0.1) is 18.0 Å². The highest BCUT2D eigenvalue weighted by molar-refractivity contribution is 7.13. The smallest absolute Gasteiger partial charge is 0.306 e. The van der Waals surface area contributed by atoms with Crippen molar-refractivity contribution in [2.24, 2.45) is 11.8 Å². The fourth-order valence-corrected chi connectivity index (χ4v) is 2.94. The molecule has 0 aliphatic rings. The van der Waals surface area contributed by atoms with Crippen molar-refractivity contribution in [2.75, 3.05) is 10.6 Å². The molecule has 0 saturated carbocycles. The molecule has 1 aromatic heterocycles. The van der Waals surface area contributed by atoms with Crippen molar-refractivity contribution in [1.82, 2.24) is 4.98 Å². The van der Waals surface area contributed by atoms with Crippen LogP contribution in [0.5, 0.6) is 0 Å². The van der Waals surface area contributed by atoms with Crippen molar-refractivity contribution in [2.45, 2.75) is 33.6 Å². The van der Waals surface area contributed by atoms with Crippen molar-refractivity contribution in [3.63, 3.8) is 0 Å². The Morgan fingerprint density at radius 3 is 2.37 bits per heavy atom. The zero-order chi connectivity index (χ0) is 20.0. The van der Waals surface area contributed by atoms with Gasteiger partial charge in [-0.2, -0.15) is 0 Å². The molecule has 1 aromatic carbocycles. The van der Waals surface area contributed by atoms with Gasteiger partial charge in [0.1, 0.15) is 0 Å². The van der Waals surface area contributed by atoms with E-state index in [2.05, 4.69) is 15.6 Å². The van der Waals surface area contributed by atoms with E-state index in [1.54, 1.807) is 50.4 Å². The average Bonchev–Trinajstić information content (AvgIpc) is 3.03. The number of carbonyl (C=O) groups excluding carboxylic acids is 2. The number of carboxylic acid groups (broad SMARTS) is 1. The maximum Gasteiger partial charge on any atom is 0.306 e. The Kier molecular flexibility index (Phi) is 7.06. The number of thiazole rings is 1. The van der Waals surface area contributed by atoms with Crippen LogP contribution in [-0.4, -0.2) is 27.9 Å². The summed E-state index contributed by atoms with van der Waals surface area (Å²) in [6.45, 7) is 5.25. The lowest BCUT2D eigenvalue weighted by molar-refractivity contribution is -0.141. The third-order valence-corrected chi connectivity index (χ3v) is 4.66. The van der Waals surface area contributed by atoms with Crippen molar-refractivity contribution in [3.05, 3.63) is 40.9 Å². The largest absolute Gasteiger partial charge is 0.481 e. The molecule has 0 aliphatic carbocycles. The molecule has 2 aromatic rings. The maximum absolute atomic E-state index is 12.2. The first-order chi connectivity index (χ1) is 12.7. The second-order valence-electron chi connectivity index (χ2n) is 6.65. The molecule has 0 aliphatic heterocycles. The van der Waals surface area contributed by atoms with E-state index >= 15 is 0 Å². The van der Waals surface area contributed by atoms with Crippen LogP contribution in [0.3, 0.4) is 0 Å². The minimum absolute atomic E-state index is 0.103. The summed E-state index contributed by atoms with van der Waals surface area (Å²) in [4.78, 5) is 39.0. The van der Waals surface area contributed by atoms with E-state index in [-0.39, 0.29) is 24.2 Å². The number of rotatable bonds is 8. The number of carboxylic acids is 1. The minimum atomic E-state index is -0.834. The molecule has 0 bridgehead atoms. The lowest BCUT2D eigenvalue weighted by Crippen LogP contribution is -2.18. The summed E-state index contributed by atoms with van der Waals surface area (Å²) < 4.78 is 0. The van der Waals surface area contributed by atoms with Crippen LogP contribution in [0, 0.1) is 11.8 Å². The third-order valence-electron chi connectivity index (χ3n) is 3.85. The summed E-state index contributed by atoms with van der Waals surface area (Å²) in [7, 11) is 0. The number of aromatic nitrogens is 1. The Morgan fingerprint density at radius 1 is 1.11 bits per heavy atom. The molecular weight excluding hydrogens is 366 g/mol. The molecule has 1 atom stereocenters. The Balaban J connectivity index is 1.88. The molecule has 7 nitrogen and oxygen atoms in total. The van der Waals surface area contributed by atoms with Gasteiger partial charge in [0.15, 0.2) is 5.13 Å². The molecule has 8 heteroatoms. The normalized spacial score (nSPS) is 11.9. The molecule has 0 spiro atoms. The van der Waals surface area contributed by atoms with Gasteiger partial charge in [-0.05, 0) is 24.1 Å². The highest BCUT2D eigenvalue weighted by Gasteiger charge is 2.13. The van der Waals surface area contributed by atoms with Crippen molar-refractivity contribution >= 4 is 39.9 Å². The van der Waals surface area contributed by atoms with Crippen LogP contribution in [-0.2, 0) is 27.2 Å². The molecule has 0 fully saturated rings. The van der Waals surface area contributed by atoms with Gasteiger partial charge in [-0.3, -0.25) is 14.4 Å². The molecule has 3 N–H and O–H groups in total. The quantitative estimate of drug-likeness (QED) is 0.642. The van der Waals surface area contributed by atoms with E-state index in [1.807, 2.05) is 0 Å². The highest BCUT2D eigenvalue weighted by atomic mass is 32.1. The van der Waals surface area contributed by atoms with Crippen LogP contribution in [0.1, 0.15) is 32.0 Å². The first-order valence-corrected chi connectivity index (χ1v) is 9.49. The Labute approximate surface area is 161 Å². The van der Waals surface area contributed by atoms with Gasteiger partial charge in [-0.25, -0.2) is 4.98 Å². The Hall–Kier alpha value is -2.74. The van der Waals surface area contributed by atoms with Crippen LogP contribution in [0.2, 0.25) is 0 Å². The first kappa shape index (κ1) is 20.6. The van der Waals surface area contributed by atoms with Gasteiger partial charge < -0.3 is 15.7 Å². The molecular formula is C19H23N3O4S. The van der Waals surface area contributed by atoms with E-state index in [4.69, 9.17) is 5.11 Å². The number of amides is 2. The second-order valence-corrected chi connectivity index (χ2v) is 7.51. The summed E-state index contributed by atoms with van der Waals surface area (Å²) in [5.41, 5.74) is 2.12. The molecule has 27 heavy (non-hydrogen) atoms. The van der Waals surface area contributed by atoms with Gasteiger partial charge in [-0.1, -0.05) is 32.9 Å². The van der Waals surface area contributed by atoms with Crippen LogP contribution >= 0.6 is 11.3 Å². The van der Waals surface area contributed by atoms with E-state index in [0.717, 1.165) is 5.56 Å². The summed E-state index contributed by atoms with van der Waals surface area (Å²) in [6.07, 6.45) is 0.541. The number of carbonyl (C=O) groups is 3. The minimum Gasteiger partial charge on any atom is -0.481 e. The number of hydrogen-bond donors (Lipinski definition) is 3. The second kappa shape index (κ2) is 9.27. The standard InChI is InChI=1S/C19H23N3O4S/c1-11(2)17(24)22-19-21-15(10-27-19)9-16(23)20-14-6-4-13(5-7-14)8-12(3)18(25)26/h4-7,10-12H,8-9H2,1-3H3,(H,20,23)(H,25,26)(H,21,22,24). The van der Waals surface area contributed by atoms with Gasteiger partial charge in [-0.15, -0.1) is 11.3 Å². The third kappa shape index (κ3) is 6.49. The van der Waals surface area contributed by atoms with Crippen LogP contribution in [0.4, 0.5) is 10.8 Å². The number of anilines is 2. The molecule has 2 rings (SSSR count). The SMILES string of the molecule is CC(C)C(=O)Nc1nc(CC(=O)Nc2ccc(CC(C)C(=O)O)cc2)cs1. The maximum atomic E-state index is 12.2. The number of hydrogen-bond acceptors (Lipinski definition) is 5. The molecule has 144 valence electrons. The first-order valence-electron chi connectivity index (χ1n) is 8.61. The molecule has 1 unspecified atom stereocenters. The molecule has 2 amide bonds. The predicted octanol–water partition coefficient (Wildman–Crippen LogP) is 3.18. The van der Waals surface area contributed by atoms with E-state index in [0.29, 0.717) is 22.9 Å². The Bertz CT molecular complexity index is 815. The Morgan fingerprint density at radius 2 is 1.78 bits per heavy atom. The van der Waals surface area contributed by atoms with Gasteiger partial charge >= 0.3 is 5.97 Å². The topological polar surface area (TPSA) is 108 Å². The van der Waals surface area contributed by atoms with Crippen LogP contribution in [0.25, 0.3) is 0 Å². The summed E-state index contributed by atoms with van der Waals surface area (Å²) >= 11 is 1.28. The van der Waals surface area contributed by atoms with Gasteiger partial charge in [0, 0.05) is 17.0 Å². The highest BCUT2D eigenvalue weighted by Crippen LogP contribution is 2.18. The van der Waals surface area contributed by atoms with E-state index in [1.165, 1.54) is 11.3 Å².